The second-order valence-electron chi connectivity index (χ2n) is 7.12. The van der Waals surface area contributed by atoms with Gasteiger partial charge in [-0.2, -0.15) is 10.1 Å². The Bertz CT molecular complexity index is 890. The third-order valence-electron chi connectivity index (χ3n) is 5.04. The van der Waals surface area contributed by atoms with Crippen LogP contribution in [0.1, 0.15) is 11.1 Å². The zero-order chi connectivity index (χ0) is 19.2. The molecule has 0 radical (unpaired) electrons. The fraction of sp³-hybridized carbons (Fsp3) is 0.318. The molecule has 144 valence electrons. The van der Waals surface area contributed by atoms with E-state index in [1.165, 1.54) is 16.8 Å². The molecule has 1 aliphatic heterocycles. The molecule has 1 aliphatic rings. The monoisotopic (exact) mass is 374 g/mol. The zero-order valence-electron chi connectivity index (χ0n) is 16.3. The standard InChI is InChI=1S/C22H26N6/c1-18-6-5-9-20(16-18)27-12-14-28(15-13-27)22-25-21(17-24-26-22)23-11-10-19-7-3-2-4-8-19/h2-9,16-17H,10-15H2,1H3,(H,23,25,26). The molecule has 1 N–H and O–H groups in total. The average Bonchev–Trinajstić information content (AvgIpc) is 2.75. The zero-order valence-corrected chi connectivity index (χ0v) is 16.3. The van der Waals surface area contributed by atoms with E-state index in [2.05, 4.69) is 85.8 Å². The minimum atomic E-state index is 0.702. The Hall–Kier alpha value is -3.15. The summed E-state index contributed by atoms with van der Waals surface area (Å²) in [5.41, 5.74) is 3.89. The predicted octanol–water partition coefficient (Wildman–Crippen LogP) is 3.16. The summed E-state index contributed by atoms with van der Waals surface area (Å²) in [5.74, 6) is 1.48. The smallest absolute Gasteiger partial charge is 0.247 e. The van der Waals surface area contributed by atoms with Crippen LogP contribution in [0.25, 0.3) is 0 Å². The van der Waals surface area contributed by atoms with Gasteiger partial charge in [0.15, 0.2) is 5.82 Å². The van der Waals surface area contributed by atoms with E-state index in [4.69, 9.17) is 0 Å². The lowest BCUT2D eigenvalue weighted by Crippen LogP contribution is -2.47. The highest BCUT2D eigenvalue weighted by atomic mass is 15.4. The van der Waals surface area contributed by atoms with E-state index in [-0.39, 0.29) is 0 Å². The molecule has 0 atom stereocenters. The van der Waals surface area contributed by atoms with Gasteiger partial charge in [-0.1, -0.05) is 42.5 Å². The Morgan fingerprint density at radius 3 is 2.50 bits per heavy atom. The summed E-state index contributed by atoms with van der Waals surface area (Å²) < 4.78 is 0. The SMILES string of the molecule is Cc1cccc(N2CCN(c3nncc(NCCc4ccccc4)n3)CC2)c1. The first-order valence-electron chi connectivity index (χ1n) is 9.82. The third kappa shape index (κ3) is 4.57. The summed E-state index contributed by atoms with van der Waals surface area (Å²) in [5, 5.41) is 11.8. The molecule has 3 aromatic rings. The van der Waals surface area contributed by atoms with Crippen LogP contribution in [0.3, 0.4) is 0 Å². The number of aryl methyl sites for hydroxylation is 1. The number of anilines is 3. The van der Waals surface area contributed by atoms with Gasteiger partial charge in [0.05, 0.1) is 6.20 Å². The Kier molecular flexibility index (Phi) is 5.66. The number of hydrogen-bond donors (Lipinski definition) is 1. The van der Waals surface area contributed by atoms with Crippen LogP contribution >= 0.6 is 0 Å². The van der Waals surface area contributed by atoms with Crippen LogP contribution in [0.2, 0.25) is 0 Å². The second-order valence-corrected chi connectivity index (χ2v) is 7.12. The van der Waals surface area contributed by atoms with Crippen LogP contribution < -0.4 is 15.1 Å². The van der Waals surface area contributed by atoms with Gasteiger partial charge in [-0.3, -0.25) is 0 Å². The molecule has 6 heteroatoms. The maximum atomic E-state index is 4.66. The summed E-state index contributed by atoms with van der Waals surface area (Å²) >= 11 is 0. The van der Waals surface area contributed by atoms with E-state index in [1.807, 2.05) is 6.07 Å². The van der Waals surface area contributed by atoms with Crippen molar-refractivity contribution in [1.82, 2.24) is 15.2 Å². The van der Waals surface area contributed by atoms with Crippen LogP contribution in [0, 0.1) is 6.92 Å². The highest BCUT2D eigenvalue weighted by molar-refractivity contribution is 5.50. The van der Waals surface area contributed by atoms with Crippen molar-refractivity contribution in [2.45, 2.75) is 13.3 Å². The van der Waals surface area contributed by atoms with Crippen molar-refractivity contribution in [2.24, 2.45) is 0 Å². The van der Waals surface area contributed by atoms with E-state index in [0.717, 1.165) is 45.0 Å². The molecule has 1 aromatic heterocycles. The molecule has 0 bridgehead atoms. The van der Waals surface area contributed by atoms with Crippen molar-refractivity contribution < 1.29 is 0 Å². The van der Waals surface area contributed by atoms with Crippen molar-refractivity contribution in [2.75, 3.05) is 47.8 Å². The van der Waals surface area contributed by atoms with Gasteiger partial charge in [0.25, 0.3) is 0 Å². The van der Waals surface area contributed by atoms with Crippen molar-refractivity contribution in [3.63, 3.8) is 0 Å². The fourth-order valence-electron chi connectivity index (χ4n) is 3.48. The molecule has 4 rings (SSSR count). The van der Waals surface area contributed by atoms with E-state index in [0.29, 0.717) is 5.95 Å². The number of nitrogens with zero attached hydrogens (tertiary/aromatic N) is 5. The first-order chi connectivity index (χ1) is 13.8. The van der Waals surface area contributed by atoms with Crippen LogP contribution in [0.15, 0.2) is 60.8 Å². The quantitative estimate of drug-likeness (QED) is 0.715. The lowest BCUT2D eigenvalue weighted by Gasteiger charge is -2.36. The Morgan fingerprint density at radius 1 is 0.929 bits per heavy atom. The Morgan fingerprint density at radius 2 is 1.71 bits per heavy atom. The molecule has 0 amide bonds. The number of piperazine rings is 1. The van der Waals surface area contributed by atoms with Gasteiger partial charge < -0.3 is 15.1 Å². The first kappa shape index (κ1) is 18.2. The average molecular weight is 374 g/mol. The minimum Gasteiger partial charge on any atom is -0.368 e. The molecule has 6 nitrogen and oxygen atoms in total. The number of nitrogens with one attached hydrogen (secondary N) is 1. The van der Waals surface area contributed by atoms with E-state index < -0.39 is 0 Å². The maximum absolute atomic E-state index is 4.66. The molecule has 1 fully saturated rings. The Balaban J connectivity index is 1.32. The van der Waals surface area contributed by atoms with Crippen LogP contribution in [0.4, 0.5) is 17.5 Å². The maximum Gasteiger partial charge on any atom is 0.247 e. The largest absolute Gasteiger partial charge is 0.368 e. The molecule has 1 saturated heterocycles. The summed E-state index contributed by atoms with van der Waals surface area (Å²) in [4.78, 5) is 9.29. The lowest BCUT2D eigenvalue weighted by molar-refractivity contribution is 0.635. The van der Waals surface area contributed by atoms with Crippen molar-refractivity contribution in [3.05, 3.63) is 71.9 Å². The molecule has 2 aromatic carbocycles. The number of benzene rings is 2. The van der Waals surface area contributed by atoms with Crippen molar-refractivity contribution >= 4 is 17.5 Å². The van der Waals surface area contributed by atoms with E-state index >= 15 is 0 Å². The van der Waals surface area contributed by atoms with Crippen molar-refractivity contribution in [3.8, 4) is 0 Å². The normalized spacial score (nSPS) is 14.2. The van der Waals surface area contributed by atoms with Gasteiger partial charge in [0, 0.05) is 38.4 Å². The second kappa shape index (κ2) is 8.69. The first-order valence-corrected chi connectivity index (χ1v) is 9.82. The van der Waals surface area contributed by atoms with Gasteiger partial charge >= 0.3 is 0 Å². The van der Waals surface area contributed by atoms with Gasteiger partial charge in [-0.15, -0.1) is 5.10 Å². The van der Waals surface area contributed by atoms with Gasteiger partial charge in [-0.05, 0) is 36.6 Å². The van der Waals surface area contributed by atoms with Crippen LogP contribution in [-0.2, 0) is 6.42 Å². The summed E-state index contributed by atoms with van der Waals surface area (Å²) in [6.07, 6.45) is 2.65. The highest BCUT2D eigenvalue weighted by Gasteiger charge is 2.20. The molecule has 0 saturated carbocycles. The molecule has 0 spiro atoms. The Labute approximate surface area is 166 Å². The van der Waals surface area contributed by atoms with Crippen LogP contribution in [0.5, 0.6) is 0 Å². The van der Waals surface area contributed by atoms with Gasteiger partial charge in [0.1, 0.15) is 0 Å². The van der Waals surface area contributed by atoms with Gasteiger partial charge in [0.2, 0.25) is 5.95 Å². The summed E-state index contributed by atoms with van der Waals surface area (Å²) in [6, 6.07) is 19.1. The predicted molar refractivity (Wildman–Crippen MR) is 114 cm³/mol. The molecule has 2 heterocycles. The molecular formula is C22H26N6. The molecule has 0 aliphatic carbocycles. The highest BCUT2D eigenvalue weighted by Crippen LogP contribution is 2.19. The lowest BCUT2D eigenvalue weighted by atomic mass is 10.1. The number of rotatable bonds is 6. The van der Waals surface area contributed by atoms with Gasteiger partial charge in [-0.25, -0.2) is 0 Å². The topological polar surface area (TPSA) is 57.2 Å². The third-order valence-corrected chi connectivity index (χ3v) is 5.04. The number of aromatic nitrogens is 3. The fourth-order valence-corrected chi connectivity index (χ4v) is 3.48. The summed E-state index contributed by atoms with van der Waals surface area (Å²) in [6.45, 7) is 6.65. The summed E-state index contributed by atoms with van der Waals surface area (Å²) in [7, 11) is 0. The number of hydrogen-bond acceptors (Lipinski definition) is 6. The minimum absolute atomic E-state index is 0.702. The van der Waals surface area contributed by atoms with E-state index in [9.17, 15) is 0 Å². The van der Waals surface area contributed by atoms with Crippen LogP contribution in [-0.4, -0.2) is 47.9 Å². The van der Waals surface area contributed by atoms with Crippen molar-refractivity contribution in [1.29, 1.82) is 0 Å². The molecule has 28 heavy (non-hydrogen) atoms. The van der Waals surface area contributed by atoms with E-state index in [1.54, 1.807) is 6.20 Å². The molecule has 0 unspecified atom stereocenters. The molecular weight excluding hydrogens is 348 g/mol.